The molecular formula is C10H16O. The molecule has 0 amide bonds. The quantitative estimate of drug-likeness (QED) is 0.520. The van der Waals surface area contributed by atoms with E-state index in [-0.39, 0.29) is 0 Å². The minimum Gasteiger partial charge on any atom is -0.299 e. The van der Waals surface area contributed by atoms with Crippen molar-refractivity contribution in [3.05, 3.63) is 0 Å². The number of fused-ring (bicyclic) bond motifs is 1. The summed E-state index contributed by atoms with van der Waals surface area (Å²) in [6, 6.07) is 0. The van der Waals surface area contributed by atoms with E-state index in [1.165, 1.54) is 0 Å². The van der Waals surface area contributed by atoms with E-state index >= 15 is 0 Å². The largest absolute Gasteiger partial charge is 0.299 e. The van der Waals surface area contributed by atoms with Gasteiger partial charge in [-0.15, -0.1) is 0 Å². The molecule has 0 aliphatic heterocycles. The lowest BCUT2D eigenvalue weighted by Gasteiger charge is -2.14. The molecule has 2 aliphatic rings. The standard InChI is InChI=1S/C10H16O/c1-6-4-7-8(5-9(6)11)10(7,2)3/h6-8H,4-5H2,1-3H3/t6-,7+,8-/m1/s1. The lowest BCUT2D eigenvalue weighted by molar-refractivity contribution is -0.124. The number of hydrogen-bond acceptors (Lipinski definition) is 1. The first-order chi connectivity index (χ1) is 5.03. The SMILES string of the molecule is C[C@@H]1C[C@H]2[C@@H](CC1=O)C2(C)C. The highest BCUT2D eigenvalue weighted by atomic mass is 16.1. The van der Waals surface area contributed by atoms with Gasteiger partial charge in [-0.25, -0.2) is 0 Å². The van der Waals surface area contributed by atoms with Crippen molar-refractivity contribution in [1.29, 1.82) is 0 Å². The van der Waals surface area contributed by atoms with E-state index in [1.807, 2.05) is 0 Å². The molecule has 0 aromatic heterocycles. The van der Waals surface area contributed by atoms with E-state index in [0.29, 0.717) is 17.1 Å². The zero-order chi connectivity index (χ0) is 8.22. The fourth-order valence-corrected chi connectivity index (χ4v) is 2.66. The normalized spacial score (nSPS) is 46.8. The van der Waals surface area contributed by atoms with Crippen LogP contribution in [0.4, 0.5) is 0 Å². The first kappa shape index (κ1) is 7.33. The summed E-state index contributed by atoms with van der Waals surface area (Å²) in [7, 11) is 0. The van der Waals surface area contributed by atoms with E-state index in [2.05, 4.69) is 20.8 Å². The minimum atomic E-state index is 0.345. The van der Waals surface area contributed by atoms with Gasteiger partial charge in [-0.05, 0) is 23.7 Å². The van der Waals surface area contributed by atoms with Gasteiger partial charge in [-0.3, -0.25) is 4.79 Å². The molecule has 0 unspecified atom stereocenters. The van der Waals surface area contributed by atoms with Gasteiger partial charge in [0.15, 0.2) is 0 Å². The van der Waals surface area contributed by atoms with Crippen molar-refractivity contribution in [3.8, 4) is 0 Å². The van der Waals surface area contributed by atoms with Crippen LogP contribution < -0.4 is 0 Å². The minimum absolute atomic E-state index is 0.345. The first-order valence-electron chi connectivity index (χ1n) is 4.56. The van der Waals surface area contributed by atoms with E-state index in [1.54, 1.807) is 0 Å². The summed E-state index contributed by atoms with van der Waals surface area (Å²) in [5, 5.41) is 0. The molecule has 0 heterocycles. The summed E-state index contributed by atoms with van der Waals surface area (Å²) in [6.45, 7) is 6.67. The molecule has 11 heavy (non-hydrogen) atoms. The molecule has 0 spiro atoms. The average molecular weight is 152 g/mol. The Balaban J connectivity index is 2.12. The van der Waals surface area contributed by atoms with Crippen LogP contribution in [-0.4, -0.2) is 5.78 Å². The summed E-state index contributed by atoms with van der Waals surface area (Å²) in [6.07, 6.45) is 2.01. The Morgan fingerprint density at radius 2 is 2.00 bits per heavy atom. The van der Waals surface area contributed by atoms with Crippen LogP contribution in [0.1, 0.15) is 33.6 Å². The molecule has 2 fully saturated rings. The van der Waals surface area contributed by atoms with E-state index < -0.39 is 0 Å². The van der Waals surface area contributed by atoms with Gasteiger partial charge < -0.3 is 0 Å². The molecule has 1 nitrogen and oxygen atoms in total. The van der Waals surface area contributed by atoms with Gasteiger partial charge >= 0.3 is 0 Å². The molecule has 0 aromatic rings. The lowest BCUT2D eigenvalue weighted by Crippen LogP contribution is -2.17. The van der Waals surface area contributed by atoms with E-state index in [9.17, 15) is 4.79 Å². The summed E-state index contributed by atoms with van der Waals surface area (Å²) in [5.74, 6) is 2.43. The number of hydrogen-bond donors (Lipinski definition) is 0. The Labute approximate surface area is 68.2 Å². The maximum atomic E-state index is 11.3. The van der Waals surface area contributed by atoms with Crippen LogP contribution in [0.2, 0.25) is 0 Å². The topological polar surface area (TPSA) is 17.1 Å². The molecular weight excluding hydrogens is 136 g/mol. The number of carbonyl (C=O) groups is 1. The predicted octanol–water partition coefficient (Wildman–Crippen LogP) is 2.26. The Kier molecular flexibility index (Phi) is 1.25. The summed E-state index contributed by atoms with van der Waals surface area (Å²) in [4.78, 5) is 11.3. The fraction of sp³-hybridized carbons (Fsp3) is 0.900. The molecule has 0 N–H and O–H groups in total. The molecule has 0 bridgehead atoms. The van der Waals surface area contributed by atoms with Crippen molar-refractivity contribution in [1.82, 2.24) is 0 Å². The Morgan fingerprint density at radius 3 is 2.55 bits per heavy atom. The van der Waals surface area contributed by atoms with Crippen molar-refractivity contribution >= 4 is 5.78 Å². The molecule has 2 rings (SSSR count). The predicted molar refractivity (Wildman–Crippen MR) is 44.2 cm³/mol. The van der Waals surface area contributed by atoms with Crippen molar-refractivity contribution < 1.29 is 4.79 Å². The highest BCUT2D eigenvalue weighted by molar-refractivity contribution is 5.82. The van der Waals surface area contributed by atoms with E-state index in [0.717, 1.165) is 24.7 Å². The van der Waals surface area contributed by atoms with Crippen LogP contribution in [0.25, 0.3) is 0 Å². The van der Waals surface area contributed by atoms with Gasteiger partial charge in [0, 0.05) is 12.3 Å². The van der Waals surface area contributed by atoms with E-state index in [4.69, 9.17) is 0 Å². The maximum Gasteiger partial charge on any atom is 0.136 e. The van der Waals surface area contributed by atoms with Crippen molar-refractivity contribution in [3.63, 3.8) is 0 Å². The van der Waals surface area contributed by atoms with Gasteiger partial charge in [0.05, 0.1) is 0 Å². The average Bonchev–Trinajstić information content (AvgIpc) is 2.39. The summed E-state index contributed by atoms with van der Waals surface area (Å²) in [5.41, 5.74) is 0.487. The Hall–Kier alpha value is -0.330. The summed E-state index contributed by atoms with van der Waals surface area (Å²) < 4.78 is 0. The van der Waals surface area contributed by atoms with Crippen LogP contribution in [0.3, 0.4) is 0 Å². The number of ketones is 1. The molecule has 0 saturated heterocycles. The Bertz CT molecular complexity index is 205. The lowest BCUT2D eigenvalue weighted by atomic mass is 9.90. The van der Waals surface area contributed by atoms with Crippen LogP contribution in [0, 0.1) is 23.2 Å². The molecule has 0 radical (unpaired) electrons. The molecule has 3 atom stereocenters. The van der Waals surface area contributed by atoms with Crippen LogP contribution in [0.15, 0.2) is 0 Å². The third kappa shape index (κ3) is 0.863. The van der Waals surface area contributed by atoms with Gasteiger partial charge in [-0.2, -0.15) is 0 Å². The monoisotopic (exact) mass is 152 g/mol. The van der Waals surface area contributed by atoms with Crippen molar-refractivity contribution in [2.24, 2.45) is 23.2 Å². The fourth-order valence-electron chi connectivity index (χ4n) is 2.66. The second-order valence-electron chi connectivity index (χ2n) is 4.84. The smallest absolute Gasteiger partial charge is 0.136 e. The Morgan fingerprint density at radius 1 is 1.36 bits per heavy atom. The zero-order valence-electron chi connectivity index (χ0n) is 7.55. The third-order valence-corrected chi connectivity index (χ3v) is 3.87. The molecule has 2 aliphatic carbocycles. The van der Waals surface area contributed by atoms with Gasteiger partial charge in [0.1, 0.15) is 5.78 Å². The first-order valence-corrected chi connectivity index (χ1v) is 4.56. The molecule has 62 valence electrons. The second-order valence-corrected chi connectivity index (χ2v) is 4.84. The number of Topliss-reactive ketones (excluding diaryl/α,β-unsaturated/α-hetero) is 1. The highest BCUT2D eigenvalue weighted by Gasteiger charge is 2.60. The van der Waals surface area contributed by atoms with Crippen molar-refractivity contribution in [2.45, 2.75) is 33.6 Å². The van der Waals surface area contributed by atoms with Gasteiger partial charge in [0.2, 0.25) is 0 Å². The molecule has 2 saturated carbocycles. The van der Waals surface area contributed by atoms with Crippen molar-refractivity contribution in [2.75, 3.05) is 0 Å². The number of rotatable bonds is 0. The zero-order valence-corrected chi connectivity index (χ0v) is 7.55. The van der Waals surface area contributed by atoms with Gasteiger partial charge in [0.25, 0.3) is 0 Å². The van der Waals surface area contributed by atoms with Crippen LogP contribution in [0.5, 0.6) is 0 Å². The maximum absolute atomic E-state index is 11.3. The second kappa shape index (κ2) is 1.88. The summed E-state index contributed by atoms with van der Waals surface area (Å²) >= 11 is 0. The third-order valence-electron chi connectivity index (χ3n) is 3.87. The van der Waals surface area contributed by atoms with Crippen LogP contribution >= 0.6 is 0 Å². The number of carbonyl (C=O) groups excluding carboxylic acids is 1. The molecule has 1 heteroatoms. The van der Waals surface area contributed by atoms with Gasteiger partial charge in [-0.1, -0.05) is 20.8 Å². The van der Waals surface area contributed by atoms with Crippen LogP contribution in [-0.2, 0) is 4.79 Å². The highest BCUT2D eigenvalue weighted by Crippen LogP contribution is 2.64. The molecule has 0 aromatic carbocycles.